The second-order valence-electron chi connectivity index (χ2n) is 4.82. The molecule has 0 saturated carbocycles. The minimum Gasteiger partial charge on any atom is -0.493 e. The topological polar surface area (TPSA) is 90.6 Å². The molecule has 0 aliphatic carbocycles. The van der Waals surface area contributed by atoms with Crippen molar-refractivity contribution in [2.24, 2.45) is 5.73 Å². The van der Waals surface area contributed by atoms with Gasteiger partial charge in [-0.25, -0.2) is 0 Å². The van der Waals surface area contributed by atoms with Crippen molar-refractivity contribution < 1.29 is 19.1 Å². The third-order valence-electron chi connectivity index (χ3n) is 3.31. The molecule has 120 valence electrons. The zero-order valence-corrected chi connectivity index (χ0v) is 13.0. The number of nitrogens with two attached hydrogens (primary N) is 1. The first-order chi connectivity index (χ1) is 11.0. The molecule has 0 aliphatic heterocycles. The van der Waals surface area contributed by atoms with E-state index in [2.05, 4.69) is 5.32 Å². The standard InChI is InChI=1S/C17H18N2O4/c1-22-14-7-6-13(9-15(14)23-2)17(21)19-10-11-4-3-5-12(8-11)16(18)20/h3-9H,10H2,1-2H3,(H2,18,20)(H,19,21). The molecule has 0 unspecified atom stereocenters. The molecule has 0 spiro atoms. The number of nitrogens with one attached hydrogen (secondary N) is 1. The highest BCUT2D eigenvalue weighted by Gasteiger charge is 2.10. The molecule has 3 N–H and O–H groups in total. The quantitative estimate of drug-likeness (QED) is 0.849. The van der Waals surface area contributed by atoms with Crippen molar-refractivity contribution in [3.63, 3.8) is 0 Å². The van der Waals surface area contributed by atoms with Crippen LogP contribution in [0.25, 0.3) is 0 Å². The van der Waals surface area contributed by atoms with Crippen molar-refractivity contribution in [2.45, 2.75) is 6.54 Å². The fourth-order valence-corrected chi connectivity index (χ4v) is 2.10. The molecule has 2 rings (SSSR count). The summed E-state index contributed by atoms with van der Waals surface area (Å²) < 4.78 is 10.3. The highest BCUT2D eigenvalue weighted by atomic mass is 16.5. The van der Waals surface area contributed by atoms with Gasteiger partial charge in [0.05, 0.1) is 14.2 Å². The van der Waals surface area contributed by atoms with Crippen LogP contribution in [0.2, 0.25) is 0 Å². The summed E-state index contributed by atoms with van der Waals surface area (Å²) >= 11 is 0. The van der Waals surface area contributed by atoms with Gasteiger partial charge in [-0.15, -0.1) is 0 Å². The number of carbonyl (C=O) groups is 2. The Morgan fingerprint density at radius 2 is 1.74 bits per heavy atom. The molecule has 6 heteroatoms. The van der Waals surface area contributed by atoms with Crippen LogP contribution in [0.15, 0.2) is 42.5 Å². The molecule has 23 heavy (non-hydrogen) atoms. The first kappa shape index (κ1) is 16.4. The van der Waals surface area contributed by atoms with Gasteiger partial charge in [-0.05, 0) is 35.9 Å². The molecule has 0 bridgehead atoms. The predicted molar refractivity (Wildman–Crippen MR) is 85.7 cm³/mol. The van der Waals surface area contributed by atoms with Crippen molar-refractivity contribution >= 4 is 11.8 Å². The van der Waals surface area contributed by atoms with E-state index in [0.29, 0.717) is 22.6 Å². The van der Waals surface area contributed by atoms with Crippen LogP contribution in [-0.2, 0) is 6.54 Å². The van der Waals surface area contributed by atoms with Crippen LogP contribution in [0, 0.1) is 0 Å². The number of benzene rings is 2. The Morgan fingerprint density at radius 3 is 2.39 bits per heavy atom. The molecule has 0 saturated heterocycles. The number of amides is 2. The fraction of sp³-hybridized carbons (Fsp3) is 0.176. The normalized spacial score (nSPS) is 10.0. The average molecular weight is 314 g/mol. The molecular weight excluding hydrogens is 296 g/mol. The maximum Gasteiger partial charge on any atom is 0.251 e. The summed E-state index contributed by atoms with van der Waals surface area (Å²) in [6, 6.07) is 11.7. The maximum absolute atomic E-state index is 12.2. The van der Waals surface area contributed by atoms with E-state index in [-0.39, 0.29) is 12.5 Å². The zero-order chi connectivity index (χ0) is 16.8. The highest BCUT2D eigenvalue weighted by Crippen LogP contribution is 2.27. The first-order valence-electron chi connectivity index (χ1n) is 6.94. The van der Waals surface area contributed by atoms with E-state index >= 15 is 0 Å². The Balaban J connectivity index is 2.08. The molecule has 2 amide bonds. The Bertz CT molecular complexity index is 728. The minimum atomic E-state index is -0.502. The van der Waals surface area contributed by atoms with Gasteiger partial charge in [-0.3, -0.25) is 9.59 Å². The SMILES string of the molecule is COc1ccc(C(=O)NCc2cccc(C(N)=O)c2)cc1OC. The molecule has 2 aromatic carbocycles. The van der Waals surface area contributed by atoms with Crippen LogP contribution in [0.1, 0.15) is 26.3 Å². The van der Waals surface area contributed by atoms with Crippen LogP contribution in [0.5, 0.6) is 11.5 Å². The molecule has 0 atom stereocenters. The Morgan fingerprint density at radius 1 is 1.00 bits per heavy atom. The second kappa shape index (κ2) is 7.31. The summed E-state index contributed by atoms with van der Waals surface area (Å²) in [7, 11) is 3.04. The van der Waals surface area contributed by atoms with Gasteiger partial charge < -0.3 is 20.5 Å². The number of hydrogen-bond donors (Lipinski definition) is 2. The Hall–Kier alpha value is -3.02. The monoisotopic (exact) mass is 314 g/mol. The first-order valence-corrected chi connectivity index (χ1v) is 6.94. The third-order valence-corrected chi connectivity index (χ3v) is 3.31. The summed E-state index contributed by atoms with van der Waals surface area (Å²) in [6.07, 6.45) is 0. The second-order valence-corrected chi connectivity index (χ2v) is 4.82. The van der Waals surface area contributed by atoms with E-state index in [1.54, 1.807) is 42.5 Å². The van der Waals surface area contributed by atoms with Gasteiger partial charge in [0.15, 0.2) is 11.5 Å². The molecule has 2 aromatic rings. The highest BCUT2D eigenvalue weighted by molar-refractivity contribution is 5.95. The van der Waals surface area contributed by atoms with Gasteiger partial charge in [0.25, 0.3) is 5.91 Å². The largest absolute Gasteiger partial charge is 0.493 e. The molecule has 0 radical (unpaired) electrons. The van der Waals surface area contributed by atoms with Crippen LogP contribution in [0.4, 0.5) is 0 Å². The predicted octanol–water partition coefficient (Wildman–Crippen LogP) is 1.73. The van der Waals surface area contributed by atoms with Gasteiger partial charge in [-0.2, -0.15) is 0 Å². The van der Waals surface area contributed by atoms with Crippen molar-refractivity contribution in [3.8, 4) is 11.5 Å². The van der Waals surface area contributed by atoms with E-state index in [9.17, 15) is 9.59 Å². The summed E-state index contributed by atoms with van der Waals surface area (Å²) in [6.45, 7) is 0.286. The van der Waals surface area contributed by atoms with Crippen molar-refractivity contribution in [3.05, 3.63) is 59.2 Å². The molecule has 0 aliphatic rings. The summed E-state index contributed by atoms with van der Waals surface area (Å²) in [5.41, 5.74) is 6.88. The molecule has 0 aromatic heterocycles. The van der Waals surface area contributed by atoms with Crippen molar-refractivity contribution in [1.82, 2.24) is 5.32 Å². The molecule has 6 nitrogen and oxygen atoms in total. The Labute approximate surface area is 134 Å². The number of primary amides is 1. The Kier molecular flexibility index (Phi) is 5.19. The summed E-state index contributed by atoms with van der Waals surface area (Å²) in [5, 5.41) is 2.78. The van der Waals surface area contributed by atoms with Crippen LogP contribution < -0.4 is 20.5 Å². The number of rotatable bonds is 6. The molecule has 0 fully saturated rings. The lowest BCUT2D eigenvalue weighted by Crippen LogP contribution is -2.23. The lowest BCUT2D eigenvalue weighted by Gasteiger charge is -2.10. The number of ether oxygens (including phenoxy) is 2. The summed E-state index contributed by atoms with van der Waals surface area (Å²) in [5.74, 6) is 0.280. The lowest BCUT2D eigenvalue weighted by atomic mass is 10.1. The fourth-order valence-electron chi connectivity index (χ4n) is 2.10. The minimum absolute atomic E-state index is 0.254. The van der Waals surface area contributed by atoms with E-state index < -0.39 is 5.91 Å². The number of carbonyl (C=O) groups excluding carboxylic acids is 2. The zero-order valence-electron chi connectivity index (χ0n) is 13.0. The van der Waals surface area contributed by atoms with E-state index in [1.807, 2.05) is 0 Å². The van der Waals surface area contributed by atoms with Gasteiger partial charge >= 0.3 is 0 Å². The molecular formula is C17H18N2O4. The van der Waals surface area contributed by atoms with Crippen LogP contribution in [-0.4, -0.2) is 26.0 Å². The van der Waals surface area contributed by atoms with Crippen LogP contribution >= 0.6 is 0 Å². The van der Waals surface area contributed by atoms with E-state index in [0.717, 1.165) is 5.56 Å². The van der Waals surface area contributed by atoms with E-state index in [4.69, 9.17) is 15.2 Å². The van der Waals surface area contributed by atoms with Crippen molar-refractivity contribution in [2.75, 3.05) is 14.2 Å². The average Bonchev–Trinajstić information content (AvgIpc) is 2.59. The summed E-state index contributed by atoms with van der Waals surface area (Å²) in [4.78, 5) is 23.4. The van der Waals surface area contributed by atoms with Crippen molar-refractivity contribution in [1.29, 1.82) is 0 Å². The maximum atomic E-state index is 12.2. The number of methoxy groups -OCH3 is 2. The van der Waals surface area contributed by atoms with Gasteiger partial charge in [0.1, 0.15) is 0 Å². The van der Waals surface area contributed by atoms with Gasteiger partial charge in [0, 0.05) is 17.7 Å². The van der Waals surface area contributed by atoms with Gasteiger partial charge in [-0.1, -0.05) is 12.1 Å². The van der Waals surface area contributed by atoms with Crippen LogP contribution in [0.3, 0.4) is 0 Å². The van der Waals surface area contributed by atoms with Gasteiger partial charge in [0.2, 0.25) is 5.91 Å². The molecule has 0 heterocycles. The third kappa shape index (κ3) is 4.00. The number of hydrogen-bond acceptors (Lipinski definition) is 4. The lowest BCUT2D eigenvalue weighted by molar-refractivity contribution is 0.0950. The smallest absolute Gasteiger partial charge is 0.251 e. The van der Waals surface area contributed by atoms with E-state index in [1.165, 1.54) is 14.2 Å².